The molecule has 0 spiro atoms. The summed E-state index contributed by atoms with van der Waals surface area (Å²) in [5.41, 5.74) is 1.96. The van der Waals surface area contributed by atoms with E-state index >= 15 is 0 Å². The average Bonchev–Trinajstić information content (AvgIpc) is 2.87. The Balaban J connectivity index is 1.26. The number of rotatable bonds is 7. The average molecular weight is 483 g/mol. The van der Waals surface area contributed by atoms with Gasteiger partial charge < -0.3 is 23.7 Å². The van der Waals surface area contributed by atoms with Crippen LogP contribution in [0.2, 0.25) is 0 Å². The Morgan fingerprint density at radius 3 is 2.46 bits per heavy atom. The van der Waals surface area contributed by atoms with Crippen molar-refractivity contribution in [1.29, 1.82) is 0 Å². The van der Waals surface area contributed by atoms with E-state index < -0.39 is 11.6 Å². The van der Waals surface area contributed by atoms with E-state index in [0.29, 0.717) is 43.1 Å². The highest BCUT2D eigenvalue weighted by molar-refractivity contribution is 5.83. The minimum atomic E-state index is -0.558. The number of hydrogen-bond acceptors (Lipinski definition) is 7. The van der Waals surface area contributed by atoms with Gasteiger partial charge in [-0.25, -0.2) is 9.18 Å². The molecule has 0 unspecified atom stereocenters. The molecule has 35 heavy (non-hydrogen) atoms. The van der Waals surface area contributed by atoms with Crippen LogP contribution in [0.1, 0.15) is 17.5 Å². The molecule has 1 aromatic heterocycles. The minimum Gasteiger partial charge on any atom is -0.497 e. The van der Waals surface area contributed by atoms with E-state index in [9.17, 15) is 18.8 Å². The second kappa shape index (κ2) is 10.6. The van der Waals surface area contributed by atoms with Crippen molar-refractivity contribution in [2.75, 3.05) is 44.8 Å². The van der Waals surface area contributed by atoms with Crippen LogP contribution in [-0.2, 0) is 20.7 Å². The number of methoxy groups -OCH3 is 1. The third-order valence-electron chi connectivity index (χ3n) is 6.25. The van der Waals surface area contributed by atoms with Crippen molar-refractivity contribution < 1.29 is 27.9 Å². The number of carbonyl (C=O) groups is 2. The van der Waals surface area contributed by atoms with Crippen molar-refractivity contribution >= 4 is 28.5 Å². The first-order valence-corrected chi connectivity index (χ1v) is 11.4. The lowest BCUT2D eigenvalue weighted by Gasteiger charge is -2.36. The zero-order chi connectivity index (χ0) is 24.9. The summed E-state index contributed by atoms with van der Waals surface area (Å²) >= 11 is 0. The lowest BCUT2D eigenvalue weighted by molar-refractivity contribution is -0.152. The smallest absolute Gasteiger partial charge is 0.339 e. The molecule has 9 heteroatoms. The fourth-order valence-electron chi connectivity index (χ4n) is 4.19. The number of amides is 1. The summed E-state index contributed by atoms with van der Waals surface area (Å²) in [6.45, 7) is 3.64. The van der Waals surface area contributed by atoms with Crippen LogP contribution >= 0.6 is 0 Å². The summed E-state index contributed by atoms with van der Waals surface area (Å²) in [7, 11) is 1.53. The zero-order valence-electron chi connectivity index (χ0n) is 19.7. The standard InChI is InChI=1S/C26H27FN2O6/c1-17-21-8-7-20(33-2)15-23(21)35-26(32)22(17)9-10-25(31)34-16-24(30)29-13-11-28(12-14-29)19-5-3-18(27)4-6-19/h3-8,15H,9-14,16H2,1-2H3. The first-order valence-electron chi connectivity index (χ1n) is 11.4. The second-order valence-corrected chi connectivity index (χ2v) is 8.36. The fourth-order valence-corrected chi connectivity index (χ4v) is 4.19. The van der Waals surface area contributed by atoms with Crippen molar-refractivity contribution in [2.45, 2.75) is 19.8 Å². The predicted octanol–water partition coefficient (Wildman–Crippen LogP) is 3.07. The number of nitrogens with zero attached hydrogens (tertiary/aromatic N) is 2. The highest BCUT2D eigenvalue weighted by Gasteiger charge is 2.22. The summed E-state index contributed by atoms with van der Waals surface area (Å²) in [6, 6.07) is 11.5. The van der Waals surface area contributed by atoms with Gasteiger partial charge in [-0.05, 0) is 55.3 Å². The van der Waals surface area contributed by atoms with Crippen molar-refractivity contribution in [3.8, 4) is 5.75 Å². The molecule has 0 atom stereocenters. The Morgan fingerprint density at radius 2 is 1.77 bits per heavy atom. The van der Waals surface area contributed by atoms with Crippen LogP contribution in [0.15, 0.2) is 51.7 Å². The second-order valence-electron chi connectivity index (χ2n) is 8.36. The number of halogens is 1. The van der Waals surface area contributed by atoms with Gasteiger partial charge in [-0.2, -0.15) is 0 Å². The maximum Gasteiger partial charge on any atom is 0.339 e. The molecular formula is C26H27FN2O6. The SMILES string of the molecule is COc1ccc2c(C)c(CCC(=O)OCC(=O)N3CCN(c4ccc(F)cc4)CC3)c(=O)oc2c1. The van der Waals surface area contributed by atoms with Gasteiger partial charge in [0, 0.05) is 55.3 Å². The number of hydrogen-bond donors (Lipinski definition) is 0. The molecule has 8 nitrogen and oxygen atoms in total. The Labute approximate surface area is 201 Å². The lowest BCUT2D eigenvalue weighted by atomic mass is 10.0. The third-order valence-corrected chi connectivity index (χ3v) is 6.25. The van der Waals surface area contributed by atoms with E-state index in [1.54, 1.807) is 29.2 Å². The van der Waals surface area contributed by atoms with Crippen LogP contribution in [-0.4, -0.2) is 56.7 Å². The predicted molar refractivity (Wildman–Crippen MR) is 128 cm³/mol. The third kappa shape index (κ3) is 5.62. The molecule has 1 fully saturated rings. The molecule has 0 bridgehead atoms. The quantitative estimate of drug-likeness (QED) is 0.378. The van der Waals surface area contributed by atoms with Crippen molar-refractivity contribution in [3.63, 3.8) is 0 Å². The molecular weight excluding hydrogens is 455 g/mol. The number of fused-ring (bicyclic) bond motifs is 1. The van der Waals surface area contributed by atoms with Gasteiger partial charge in [-0.1, -0.05) is 0 Å². The van der Waals surface area contributed by atoms with E-state index in [2.05, 4.69) is 4.90 Å². The number of benzene rings is 2. The highest BCUT2D eigenvalue weighted by Crippen LogP contribution is 2.24. The van der Waals surface area contributed by atoms with E-state index in [1.807, 2.05) is 13.0 Å². The molecule has 4 rings (SSSR count). The van der Waals surface area contributed by atoms with Gasteiger partial charge in [-0.3, -0.25) is 9.59 Å². The Kier molecular flexibility index (Phi) is 7.33. The Hall–Kier alpha value is -3.88. The molecule has 0 N–H and O–H groups in total. The summed E-state index contributed by atoms with van der Waals surface area (Å²) in [5, 5.41) is 0.767. The minimum absolute atomic E-state index is 0.0428. The number of carbonyl (C=O) groups excluding carboxylic acids is 2. The van der Waals surface area contributed by atoms with Crippen LogP contribution in [0.4, 0.5) is 10.1 Å². The maximum absolute atomic E-state index is 13.1. The number of aryl methyl sites for hydroxylation is 1. The molecule has 2 heterocycles. The van der Waals surface area contributed by atoms with E-state index in [0.717, 1.165) is 16.6 Å². The van der Waals surface area contributed by atoms with Crippen LogP contribution in [0.5, 0.6) is 5.75 Å². The van der Waals surface area contributed by atoms with Gasteiger partial charge in [0.1, 0.15) is 17.1 Å². The van der Waals surface area contributed by atoms with E-state index in [1.165, 1.54) is 19.2 Å². The van der Waals surface area contributed by atoms with Crippen LogP contribution in [0.25, 0.3) is 11.0 Å². The maximum atomic E-state index is 13.1. The van der Waals surface area contributed by atoms with Gasteiger partial charge in [0.05, 0.1) is 7.11 Å². The molecule has 3 aromatic rings. The van der Waals surface area contributed by atoms with Crippen LogP contribution in [0.3, 0.4) is 0 Å². The Bertz CT molecular complexity index is 1280. The molecule has 1 aliphatic rings. The normalized spacial score (nSPS) is 13.7. The van der Waals surface area contributed by atoms with E-state index in [-0.39, 0.29) is 31.2 Å². The number of piperazine rings is 1. The van der Waals surface area contributed by atoms with Crippen molar-refractivity contribution in [2.24, 2.45) is 0 Å². The number of ether oxygens (including phenoxy) is 2. The van der Waals surface area contributed by atoms with Gasteiger partial charge in [0.15, 0.2) is 6.61 Å². The topological polar surface area (TPSA) is 89.3 Å². The summed E-state index contributed by atoms with van der Waals surface area (Å²) in [6.07, 6.45) is 0.110. The van der Waals surface area contributed by atoms with Gasteiger partial charge in [0.25, 0.3) is 5.91 Å². The Morgan fingerprint density at radius 1 is 1.06 bits per heavy atom. The molecule has 0 saturated carbocycles. The van der Waals surface area contributed by atoms with Crippen LogP contribution in [0, 0.1) is 12.7 Å². The molecule has 1 amide bonds. The molecule has 1 aliphatic heterocycles. The fraction of sp³-hybridized carbons (Fsp3) is 0.346. The molecule has 0 radical (unpaired) electrons. The molecule has 184 valence electrons. The highest BCUT2D eigenvalue weighted by atomic mass is 19.1. The number of esters is 1. The van der Waals surface area contributed by atoms with Gasteiger partial charge >= 0.3 is 11.6 Å². The summed E-state index contributed by atoms with van der Waals surface area (Å²) in [5.74, 6) is -0.538. The largest absolute Gasteiger partial charge is 0.497 e. The summed E-state index contributed by atoms with van der Waals surface area (Å²) < 4.78 is 28.8. The lowest BCUT2D eigenvalue weighted by Crippen LogP contribution is -2.49. The van der Waals surface area contributed by atoms with Crippen molar-refractivity contribution in [3.05, 3.63) is 69.8 Å². The number of anilines is 1. The summed E-state index contributed by atoms with van der Waals surface area (Å²) in [4.78, 5) is 40.9. The molecule has 0 aliphatic carbocycles. The zero-order valence-corrected chi connectivity index (χ0v) is 19.7. The van der Waals surface area contributed by atoms with Gasteiger partial charge in [0.2, 0.25) is 0 Å². The monoisotopic (exact) mass is 482 g/mol. The first-order chi connectivity index (χ1) is 16.9. The van der Waals surface area contributed by atoms with Crippen molar-refractivity contribution in [1.82, 2.24) is 4.90 Å². The van der Waals surface area contributed by atoms with Gasteiger partial charge in [-0.15, -0.1) is 0 Å². The first kappa shape index (κ1) is 24.3. The molecule has 2 aromatic carbocycles. The molecule has 1 saturated heterocycles. The van der Waals surface area contributed by atoms with E-state index in [4.69, 9.17) is 13.9 Å². The van der Waals surface area contributed by atoms with Crippen LogP contribution < -0.4 is 15.3 Å².